The van der Waals surface area contributed by atoms with Crippen molar-refractivity contribution in [2.75, 3.05) is 137 Å². The highest BCUT2D eigenvalue weighted by atomic mass is 35.5. The quantitative estimate of drug-likeness (QED) is 0.0573. The Morgan fingerprint density at radius 1 is 0.656 bits per heavy atom. The van der Waals surface area contributed by atoms with Crippen LogP contribution in [0.4, 0.5) is 5.69 Å². The minimum absolute atomic E-state index is 0.0724. The number of halogens is 1. The number of aliphatic imine (C=N–C) groups is 1. The first kappa shape index (κ1) is 51.1. The number of nitrogens with zero attached hydrogens (tertiary/aromatic N) is 4. The van der Waals surface area contributed by atoms with E-state index in [9.17, 15) is 4.79 Å². The van der Waals surface area contributed by atoms with Crippen LogP contribution in [0, 0.1) is 20.8 Å². The van der Waals surface area contributed by atoms with Crippen LogP contribution in [0.1, 0.15) is 45.7 Å². The first-order valence-electron chi connectivity index (χ1n) is 21.6. The molecule has 0 bridgehead atoms. The van der Waals surface area contributed by atoms with Gasteiger partial charge < -0.3 is 58.4 Å². The van der Waals surface area contributed by atoms with E-state index in [1.165, 1.54) is 4.88 Å². The van der Waals surface area contributed by atoms with Crippen LogP contribution in [-0.2, 0) is 47.4 Å². The Morgan fingerprint density at radius 2 is 1.12 bits per heavy atom. The number of rotatable bonds is 34. The van der Waals surface area contributed by atoms with Gasteiger partial charge in [-0.2, -0.15) is 0 Å². The van der Waals surface area contributed by atoms with Gasteiger partial charge in [0.2, 0.25) is 5.91 Å². The zero-order chi connectivity index (χ0) is 45.2. The summed E-state index contributed by atoms with van der Waals surface area (Å²) in [7, 11) is 0. The summed E-state index contributed by atoms with van der Waals surface area (Å²) >= 11 is 7.91. The highest BCUT2D eigenvalue weighted by Gasteiger charge is 2.32. The van der Waals surface area contributed by atoms with Crippen molar-refractivity contribution in [2.45, 2.75) is 33.2 Å². The summed E-state index contributed by atoms with van der Waals surface area (Å²) in [5.74, 6) is 1.82. The predicted octanol–water partition coefficient (Wildman–Crippen LogP) is 5.32. The van der Waals surface area contributed by atoms with E-state index in [0.717, 1.165) is 33.2 Å². The molecule has 352 valence electrons. The van der Waals surface area contributed by atoms with Gasteiger partial charge in [0.1, 0.15) is 29.2 Å². The van der Waals surface area contributed by atoms with E-state index in [4.69, 9.17) is 69.7 Å². The maximum absolute atomic E-state index is 13.5. The fraction of sp³-hybridized carbons (Fsp3) is 0.556. The van der Waals surface area contributed by atoms with Gasteiger partial charge in [-0.15, -0.1) is 21.5 Å². The largest absolute Gasteiger partial charge is 0.491 e. The molecule has 1 atom stereocenters. The number of carbonyl (C=O) groups is 1. The van der Waals surface area contributed by atoms with E-state index in [0.29, 0.717) is 154 Å². The number of aromatic nitrogens is 3. The lowest BCUT2D eigenvalue weighted by atomic mass is 9.99. The molecule has 3 heterocycles. The van der Waals surface area contributed by atoms with Gasteiger partial charge in [0, 0.05) is 33.3 Å². The molecule has 0 unspecified atom stereocenters. The first-order valence-corrected chi connectivity index (χ1v) is 22.8. The van der Waals surface area contributed by atoms with Gasteiger partial charge in [-0.3, -0.25) is 14.4 Å². The number of anilines is 1. The Kier molecular flexibility index (Phi) is 23.6. The van der Waals surface area contributed by atoms with E-state index in [-0.39, 0.29) is 12.3 Å². The zero-order valence-corrected chi connectivity index (χ0v) is 38.8. The lowest BCUT2D eigenvalue weighted by Crippen LogP contribution is -2.17. The number of ether oxygens (including phenoxy) is 10. The molecule has 0 aliphatic carbocycles. The van der Waals surface area contributed by atoms with E-state index in [1.54, 1.807) is 23.5 Å². The van der Waals surface area contributed by atoms with Crippen LogP contribution in [0.2, 0.25) is 5.02 Å². The number of thiophene rings is 1. The molecule has 3 N–H and O–H groups in total. The van der Waals surface area contributed by atoms with Crippen molar-refractivity contribution >= 4 is 40.2 Å². The SMILES string of the molecule is Cc1sc2c(c1C)C(c1ccc(Cl)cc1)=N[C@@H](CC(=O)Nc1ccc(OCCOCCOCCOCCOCCOCCOCCOCCOCCOCCN)cc1)c1nnc(C)n1-2. The molecule has 1 aliphatic rings. The molecule has 2 aromatic heterocycles. The predicted molar refractivity (Wildman–Crippen MR) is 245 cm³/mol. The number of carbonyl (C=O) groups excluding carboxylic acids is 1. The number of hydrogen-bond acceptors (Lipinski definition) is 16. The summed E-state index contributed by atoms with van der Waals surface area (Å²) in [5, 5.41) is 13.5. The molecule has 0 saturated carbocycles. The van der Waals surface area contributed by atoms with Gasteiger partial charge in [0.05, 0.1) is 131 Å². The molecule has 1 amide bonds. The number of amides is 1. The maximum Gasteiger partial charge on any atom is 0.227 e. The number of nitrogens with one attached hydrogen (secondary N) is 1. The molecule has 17 nitrogen and oxygen atoms in total. The lowest BCUT2D eigenvalue weighted by molar-refractivity contribution is -0.116. The van der Waals surface area contributed by atoms with Crippen LogP contribution in [0.15, 0.2) is 53.5 Å². The molecule has 0 saturated heterocycles. The minimum Gasteiger partial charge on any atom is -0.491 e. The molecule has 19 heteroatoms. The summed E-state index contributed by atoms with van der Waals surface area (Å²) in [6.45, 7) is 15.8. The average molecular weight is 932 g/mol. The van der Waals surface area contributed by atoms with Crippen molar-refractivity contribution in [1.82, 2.24) is 14.8 Å². The summed E-state index contributed by atoms with van der Waals surface area (Å²) in [6, 6.07) is 14.3. The number of nitrogens with two attached hydrogens (primary N) is 1. The standard InChI is InChI=1S/C45H63ClN6O11S/c1-33-34(2)64-45-42(33)43(36-4-6-37(46)7-5-36)49-40(44-51-50-35(3)52(44)45)32-41(53)48-38-8-10-39(11-9-38)63-31-30-62-29-28-61-27-26-60-25-24-59-23-22-58-21-20-57-19-18-56-17-16-55-15-14-54-13-12-47/h4-11,40H,12-32,47H2,1-3H3,(H,48,53)/t40-/m0/s1. The monoisotopic (exact) mass is 930 g/mol. The molecule has 4 aromatic rings. The highest BCUT2D eigenvalue weighted by molar-refractivity contribution is 7.15. The smallest absolute Gasteiger partial charge is 0.227 e. The third kappa shape index (κ3) is 17.5. The molecule has 0 fully saturated rings. The number of fused-ring (bicyclic) bond motifs is 3. The second-order valence-corrected chi connectivity index (χ2v) is 16.0. The Balaban J connectivity index is 0.854. The first-order chi connectivity index (χ1) is 31.4. The summed E-state index contributed by atoms with van der Waals surface area (Å²) < 4.78 is 57.1. The van der Waals surface area contributed by atoms with Crippen molar-refractivity contribution in [3.63, 3.8) is 0 Å². The van der Waals surface area contributed by atoms with Gasteiger partial charge in [-0.05, 0) is 62.7 Å². The second-order valence-electron chi connectivity index (χ2n) is 14.3. The molecular weight excluding hydrogens is 868 g/mol. The van der Waals surface area contributed by atoms with E-state index >= 15 is 0 Å². The van der Waals surface area contributed by atoms with Gasteiger partial charge in [-0.25, -0.2) is 0 Å². The molecule has 1 aliphatic heterocycles. The Bertz CT molecular complexity index is 1970. The average Bonchev–Trinajstić information content (AvgIpc) is 3.77. The molecule has 5 rings (SSSR count). The van der Waals surface area contributed by atoms with E-state index in [2.05, 4.69) is 29.4 Å². The van der Waals surface area contributed by atoms with Crippen molar-refractivity contribution in [1.29, 1.82) is 0 Å². The van der Waals surface area contributed by atoms with Crippen molar-refractivity contribution in [2.24, 2.45) is 10.7 Å². The van der Waals surface area contributed by atoms with Gasteiger partial charge in [0.25, 0.3) is 0 Å². The zero-order valence-electron chi connectivity index (χ0n) is 37.2. The lowest BCUT2D eigenvalue weighted by Gasteiger charge is -2.13. The number of hydrogen-bond donors (Lipinski definition) is 2. The summed E-state index contributed by atoms with van der Waals surface area (Å²) in [5.41, 5.74) is 9.85. The van der Waals surface area contributed by atoms with Crippen LogP contribution in [0.25, 0.3) is 5.00 Å². The van der Waals surface area contributed by atoms with Crippen LogP contribution >= 0.6 is 22.9 Å². The van der Waals surface area contributed by atoms with Crippen LogP contribution in [0.3, 0.4) is 0 Å². The molecule has 64 heavy (non-hydrogen) atoms. The van der Waals surface area contributed by atoms with Crippen molar-refractivity contribution in [3.05, 3.63) is 86.8 Å². The third-order valence-corrected chi connectivity index (χ3v) is 11.1. The highest BCUT2D eigenvalue weighted by Crippen LogP contribution is 2.39. The van der Waals surface area contributed by atoms with Crippen LogP contribution in [0.5, 0.6) is 5.75 Å². The van der Waals surface area contributed by atoms with Crippen LogP contribution in [-0.4, -0.2) is 158 Å². The third-order valence-electron chi connectivity index (χ3n) is 9.61. The number of aryl methyl sites for hydroxylation is 2. The number of benzene rings is 2. The normalized spacial score (nSPS) is 13.4. The van der Waals surface area contributed by atoms with Gasteiger partial charge in [0.15, 0.2) is 5.82 Å². The molecular formula is C45H63ClN6O11S. The maximum atomic E-state index is 13.5. The fourth-order valence-corrected chi connectivity index (χ4v) is 7.66. The Labute approximate surface area is 384 Å². The van der Waals surface area contributed by atoms with E-state index in [1.807, 2.05) is 47.9 Å². The molecule has 2 aromatic carbocycles. The van der Waals surface area contributed by atoms with Gasteiger partial charge >= 0.3 is 0 Å². The summed E-state index contributed by atoms with van der Waals surface area (Å²) in [6.07, 6.45) is 0.0724. The Hall–Kier alpha value is -3.89. The van der Waals surface area contributed by atoms with Crippen molar-refractivity contribution < 1.29 is 52.2 Å². The van der Waals surface area contributed by atoms with E-state index < -0.39 is 6.04 Å². The summed E-state index contributed by atoms with van der Waals surface area (Å²) in [4.78, 5) is 19.9. The Morgan fingerprint density at radius 3 is 1.61 bits per heavy atom. The van der Waals surface area contributed by atoms with Crippen molar-refractivity contribution in [3.8, 4) is 10.8 Å². The van der Waals surface area contributed by atoms with Crippen LogP contribution < -0.4 is 15.8 Å². The topological polar surface area (TPSA) is 190 Å². The fourth-order valence-electron chi connectivity index (χ4n) is 6.32. The minimum atomic E-state index is -0.568. The second kappa shape index (κ2) is 29.6. The molecule has 0 spiro atoms. The van der Waals surface area contributed by atoms with Gasteiger partial charge in [-0.1, -0.05) is 23.7 Å². The molecule has 0 radical (unpaired) electrons.